The van der Waals surface area contributed by atoms with Crippen molar-refractivity contribution in [1.29, 1.82) is 0 Å². The monoisotopic (exact) mass is 486 g/mol. The largest absolute Gasteiger partial charge is 0.367 e. The van der Waals surface area contributed by atoms with Crippen molar-refractivity contribution >= 4 is 33.8 Å². The maximum atomic E-state index is 13.6. The lowest BCUT2D eigenvalue weighted by Crippen LogP contribution is -2.51. The number of carbonyl (C=O) groups excluding carboxylic acids is 1. The van der Waals surface area contributed by atoms with Gasteiger partial charge in [0.2, 0.25) is 5.91 Å². The smallest absolute Gasteiger partial charge is 0.224 e. The number of anilines is 1. The third-order valence-electron chi connectivity index (χ3n) is 7.74. The fourth-order valence-corrected chi connectivity index (χ4v) is 6.54. The van der Waals surface area contributed by atoms with E-state index in [0.29, 0.717) is 6.42 Å². The number of hydrogen-bond acceptors (Lipinski definition) is 4. The molecule has 1 aliphatic heterocycles. The number of thiophene rings is 1. The number of piperidine rings is 1. The summed E-state index contributed by atoms with van der Waals surface area (Å²) in [5, 5.41) is 3.33. The maximum absolute atomic E-state index is 13.6. The zero-order valence-corrected chi connectivity index (χ0v) is 21.6. The summed E-state index contributed by atoms with van der Waals surface area (Å²) >= 11 is 1.82. The summed E-state index contributed by atoms with van der Waals surface area (Å²) in [5.74, 6) is 0.229. The Labute approximate surface area is 212 Å². The number of carbonyl (C=O) groups is 1. The van der Waals surface area contributed by atoms with Crippen LogP contribution in [0.5, 0.6) is 0 Å². The highest BCUT2D eigenvalue weighted by Crippen LogP contribution is 2.40. The molecule has 3 heterocycles. The van der Waals surface area contributed by atoms with E-state index >= 15 is 0 Å². The zero-order valence-electron chi connectivity index (χ0n) is 20.8. The van der Waals surface area contributed by atoms with Crippen LogP contribution in [0.15, 0.2) is 78.3 Å². The molecule has 1 N–H and O–H groups in total. The highest BCUT2D eigenvalue weighted by molar-refractivity contribution is 7.10. The highest BCUT2D eigenvalue weighted by Gasteiger charge is 2.40. The van der Waals surface area contributed by atoms with Crippen LogP contribution < -0.4 is 4.90 Å². The molecule has 1 unspecified atom stereocenters. The predicted octanol–water partition coefficient (Wildman–Crippen LogP) is 5.88. The third-order valence-corrected chi connectivity index (χ3v) is 8.81. The molecule has 6 heteroatoms. The van der Waals surface area contributed by atoms with Gasteiger partial charge in [0, 0.05) is 47.8 Å². The van der Waals surface area contributed by atoms with Gasteiger partial charge >= 0.3 is 0 Å². The number of nitrogens with one attached hydrogen (secondary N) is 1. The number of hydrogen-bond donors (Lipinski definition) is 1. The molecule has 1 aliphatic rings. The molecule has 0 spiro atoms. The van der Waals surface area contributed by atoms with Crippen LogP contribution >= 0.6 is 11.3 Å². The predicted molar refractivity (Wildman–Crippen MR) is 146 cm³/mol. The lowest BCUT2D eigenvalue weighted by molar-refractivity contribution is -0.134. The van der Waals surface area contributed by atoms with Gasteiger partial charge in [-0.1, -0.05) is 36.4 Å². The van der Waals surface area contributed by atoms with E-state index in [9.17, 15) is 4.79 Å². The van der Waals surface area contributed by atoms with E-state index in [1.54, 1.807) is 0 Å². The van der Waals surface area contributed by atoms with Crippen molar-refractivity contribution in [3.63, 3.8) is 0 Å². The molecular weight excluding hydrogens is 452 g/mol. The Morgan fingerprint density at radius 3 is 2.49 bits per heavy atom. The van der Waals surface area contributed by atoms with Gasteiger partial charge in [0.1, 0.15) is 0 Å². The van der Waals surface area contributed by atoms with Gasteiger partial charge in [0.05, 0.1) is 18.0 Å². The number of amides is 1. The van der Waals surface area contributed by atoms with Crippen LogP contribution in [0.1, 0.15) is 35.7 Å². The fourth-order valence-electron chi connectivity index (χ4n) is 5.47. The van der Waals surface area contributed by atoms with E-state index in [0.717, 1.165) is 42.7 Å². The van der Waals surface area contributed by atoms with Gasteiger partial charge in [-0.05, 0) is 68.2 Å². The third kappa shape index (κ3) is 4.60. The Bertz CT molecular complexity index is 1260. The van der Waals surface area contributed by atoms with Gasteiger partial charge in [-0.2, -0.15) is 0 Å². The van der Waals surface area contributed by atoms with Gasteiger partial charge in [-0.3, -0.25) is 9.69 Å². The molecule has 1 amide bonds. The lowest BCUT2D eigenvalue weighted by atomic mass is 9.84. The highest BCUT2D eigenvalue weighted by atomic mass is 32.1. The Balaban J connectivity index is 1.35. The minimum atomic E-state index is -0.0297. The van der Waals surface area contributed by atoms with E-state index in [2.05, 4.69) is 107 Å². The van der Waals surface area contributed by atoms with Crippen molar-refractivity contribution in [2.24, 2.45) is 0 Å². The second kappa shape index (κ2) is 9.88. The molecule has 5 rings (SSSR count). The summed E-state index contributed by atoms with van der Waals surface area (Å²) in [6.07, 6.45) is 4.34. The maximum Gasteiger partial charge on any atom is 0.224 e. The summed E-state index contributed by atoms with van der Waals surface area (Å²) in [5.41, 5.74) is 3.42. The molecule has 5 nitrogen and oxygen atoms in total. The molecule has 4 aromatic rings. The quantitative estimate of drug-likeness (QED) is 0.355. The van der Waals surface area contributed by atoms with Crippen LogP contribution in [0.4, 0.5) is 5.69 Å². The van der Waals surface area contributed by atoms with Crippen LogP contribution in [-0.4, -0.2) is 54.9 Å². The van der Waals surface area contributed by atoms with Gasteiger partial charge in [0.25, 0.3) is 0 Å². The first-order chi connectivity index (χ1) is 17.0. The molecule has 2 aromatic heterocycles. The summed E-state index contributed by atoms with van der Waals surface area (Å²) in [4.78, 5) is 25.0. The van der Waals surface area contributed by atoms with E-state index < -0.39 is 0 Å². The van der Waals surface area contributed by atoms with Gasteiger partial charge in [-0.15, -0.1) is 11.3 Å². The number of fused-ring (bicyclic) bond motifs is 1. The molecule has 0 saturated carbocycles. The minimum Gasteiger partial charge on any atom is -0.367 e. The molecule has 0 radical (unpaired) electrons. The van der Waals surface area contributed by atoms with Gasteiger partial charge in [-0.25, -0.2) is 0 Å². The van der Waals surface area contributed by atoms with Crippen molar-refractivity contribution < 1.29 is 4.79 Å². The molecule has 1 saturated heterocycles. The Morgan fingerprint density at radius 2 is 1.80 bits per heavy atom. The zero-order chi connectivity index (χ0) is 24.4. The molecule has 0 bridgehead atoms. The van der Waals surface area contributed by atoms with Crippen LogP contribution in [0, 0.1) is 0 Å². The Morgan fingerprint density at radius 1 is 1.03 bits per heavy atom. The number of aromatic nitrogens is 1. The first kappa shape index (κ1) is 23.6. The number of likely N-dealkylation sites (tertiary alicyclic amines) is 1. The van der Waals surface area contributed by atoms with Crippen molar-refractivity contribution in [2.75, 3.05) is 39.1 Å². The number of aromatic amines is 1. The Kier molecular flexibility index (Phi) is 6.67. The van der Waals surface area contributed by atoms with Crippen LogP contribution in [-0.2, 0) is 10.3 Å². The van der Waals surface area contributed by atoms with Crippen molar-refractivity contribution in [2.45, 2.75) is 30.8 Å². The SMILES string of the molecule is CN(c1ccc2[nH]ccc2c1)C(CC(=O)N1CCC(c2cccs2)(N(C)C)CC1)c1ccccc1. The summed E-state index contributed by atoms with van der Waals surface area (Å²) in [6.45, 7) is 1.57. The molecule has 2 aromatic carbocycles. The molecule has 1 fully saturated rings. The van der Waals surface area contributed by atoms with E-state index in [4.69, 9.17) is 0 Å². The number of nitrogens with zero attached hydrogens (tertiary/aromatic N) is 3. The molecule has 35 heavy (non-hydrogen) atoms. The van der Waals surface area contributed by atoms with Gasteiger partial charge < -0.3 is 14.8 Å². The normalized spacial score (nSPS) is 16.5. The summed E-state index contributed by atoms with van der Waals surface area (Å²) in [6, 6.07) is 23.3. The molecule has 182 valence electrons. The standard InChI is InChI=1S/C29H34N4OS/c1-31(2)29(27-10-7-19-35-27)14-17-33(18-15-29)28(34)21-26(22-8-5-4-6-9-22)32(3)24-11-12-25-23(20-24)13-16-30-25/h4-13,16,19-20,26,30H,14-15,17-18,21H2,1-3H3. The molecular formula is C29H34N4OS. The minimum absolute atomic E-state index is 0.0204. The number of rotatable bonds is 7. The van der Waals surface area contributed by atoms with Crippen molar-refractivity contribution in [3.8, 4) is 0 Å². The van der Waals surface area contributed by atoms with Crippen LogP contribution in [0.25, 0.3) is 10.9 Å². The van der Waals surface area contributed by atoms with Gasteiger partial charge in [0.15, 0.2) is 0 Å². The average Bonchev–Trinajstić information content (AvgIpc) is 3.59. The summed E-state index contributed by atoms with van der Waals surface area (Å²) < 4.78 is 0. The van der Waals surface area contributed by atoms with E-state index in [-0.39, 0.29) is 17.5 Å². The topological polar surface area (TPSA) is 42.6 Å². The second-order valence-electron chi connectivity index (χ2n) is 9.77. The first-order valence-corrected chi connectivity index (χ1v) is 13.2. The van der Waals surface area contributed by atoms with Crippen molar-refractivity contribution in [1.82, 2.24) is 14.8 Å². The lowest BCUT2D eigenvalue weighted by Gasteiger charge is -2.46. The molecule has 0 aliphatic carbocycles. The van der Waals surface area contributed by atoms with E-state index in [1.807, 2.05) is 23.6 Å². The van der Waals surface area contributed by atoms with Crippen molar-refractivity contribution in [3.05, 3.63) is 88.7 Å². The Hall–Kier alpha value is -3.09. The number of H-pyrrole nitrogens is 1. The van der Waals surface area contributed by atoms with E-state index in [1.165, 1.54) is 10.3 Å². The second-order valence-corrected chi connectivity index (χ2v) is 10.7. The van der Waals surface area contributed by atoms with Crippen LogP contribution in [0.2, 0.25) is 0 Å². The fraction of sp³-hybridized carbons (Fsp3) is 0.345. The first-order valence-electron chi connectivity index (χ1n) is 12.3. The van der Waals surface area contributed by atoms with Crippen LogP contribution in [0.3, 0.4) is 0 Å². The average molecular weight is 487 g/mol. The number of benzene rings is 2. The molecule has 1 atom stereocenters. The summed E-state index contributed by atoms with van der Waals surface area (Å²) in [7, 11) is 6.43.